The molecule has 1 aromatic carbocycles. The van der Waals surface area contributed by atoms with E-state index in [0.29, 0.717) is 0 Å². The highest BCUT2D eigenvalue weighted by Gasteiger charge is 2.22. The van der Waals surface area contributed by atoms with Gasteiger partial charge in [0.05, 0.1) is 15.6 Å². The molecule has 2 aromatic rings. The molecular formula is C11H9ClN4O4S. The van der Waals surface area contributed by atoms with Crippen LogP contribution in [0.25, 0.3) is 0 Å². The van der Waals surface area contributed by atoms with E-state index in [1.54, 1.807) is 0 Å². The third-order valence-corrected chi connectivity index (χ3v) is 4.19. The van der Waals surface area contributed by atoms with E-state index in [9.17, 15) is 18.5 Å². The minimum Gasteiger partial charge on any atom is -0.398 e. The summed E-state index contributed by atoms with van der Waals surface area (Å²) < 4.78 is 26.6. The van der Waals surface area contributed by atoms with Gasteiger partial charge in [-0.15, -0.1) is 0 Å². The Morgan fingerprint density at radius 1 is 1.33 bits per heavy atom. The third-order valence-electron chi connectivity index (χ3n) is 2.49. The van der Waals surface area contributed by atoms with Crippen LogP contribution in [0.4, 0.5) is 17.2 Å². The van der Waals surface area contributed by atoms with Crippen molar-refractivity contribution in [2.45, 2.75) is 4.90 Å². The van der Waals surface area contributed by atoms with Crippen molar-refractivity contribution < 1.29 is 13.3 Å². The first-order valence-electron chi connectivity index (χ1n) is 5.48. The molecule has 0 saturated heterocycles. The fourth-order valence-electron chi connectivity index (χ4n) is 1.51. The number of nitro benzene ring substituents is 1. The molecule has 110 valence electrons. The maximum absolute atomic E-state index is 12.2. The molecular weight excluding hydrogens is 320 g/mol. The number of benzene rings is 1. The minimum atomic E-state index is -4.15. The summed E-state index contributed by atoms with van der Waals surface area (Å²) in [6, 6.07) is 6.11. The van der Waals surface area contributed by atoms with Gasteiger partial charge in [0, 0.05) is 18.3 Å². The number of hydrogen-bond donors (Lipinski definition) is 2. The van der Waals surface area contributed by atoms with Gasteiger partial charge in [0.25, 0.3) is 15.7 Å². The number of halogens is 1. The molecule has 1 aromatic heterocycles. The summed E-state index contributed by atoms with van der Waals surface area (Å²) in [7, 11) is -4.15. The number of nitrogens with zero attached hydrogens (tertiary/aromatic N) is 2. The second kappa shape index (κ2) is 5.54. The molecule has 2 rings (SSSR count). The van der Waals surface area contributed by atoms with Crippen LogP contribution in [-0.2, 0) is 10.0 Å². The topological polar surface area (TPSA) is 128 Å². The quantitative estimate of drug-likeness (QED) is 0.502. The standard InChI is InChI=1S/C11H9ClN4O4S/c12-8-2-1-5-14-11(8)15-21(19,20)10-6-7(16(17)18)3-4-9(10)13/h1-6H,13H2,(H,14,15). The van der Waals surface area contributed by atoms with Crippen LogP contribution in [0.1, 0.15) is 0 Å². The van der Waals surface area contributed by atoms with Crippen molar-refractivity contribution in [3.8, 4) is 0 Å². The van der Waals surface area contributed by atoms with Gasteiger partial charge in [0.1, 0.15) is 4.90 Å². The molecule has 21 heavy (non-hydrogen) atoms. The van der Waals surface area contributed by atoms with Crippen LogP contribution >= 0.6 is 11.6 Å². The van der Waals surface area contributed by atoms with E-state index in [2.05, 4.69) is 9.71 Å². The van der Waals surface area contributed by atoms with E-state index < -0.39 is 25.5 Å². The molecule has 0 aliphatic carbocycles. The van der Waals surface area contributed by atoms with Gasteiger partial charge < -0.3 is 5.73 Å². The Morgan fingerprint density at radius 2 is 2.05 bits per heavy atom. The number of sulfonamides is 1. The molecule has 0 atom stereocenters. The molecule has 0 fully saturated rings. The first-order valence-corrected chi connectivity index (χ1v) is 7.34. The van der Waals surface area contributed by atoms with E-state index in [4.69, 9.17) is 17.3 Å². The number of pyridine rings is 1. The highest BCUT2D eigenvalue weighted by atomic mass is 35.5. The van der Waals surface area contributed by atoms with Crippen LogP contribution in [0.3, 0.4) is 0 Å². The van der Waals surface area contributed by atoms with Gasteiger partial charge >= 0.3 is 0 Å². The van der Waals surface area contributed by atoms with Crippen molar-refractivity contribution in [3.63, 3.8) is 0 Å². The molecule has 0 aliphatic heterocycles. The second-order valence-electron chi connectivity index (χ2n) is 3.92. The maximum atomic E-state index is 12.2. The number of nitrogens with two attached hydrogens (primary N) is 1. The number of nitrogen functional groups attached to an aromatic ring is 1. The number of rotatable bonds is 4. The number of non-ortho nitro benzene ring substituents is 1. The molecule has 1 heterocycles. The number of nitrogens with one attached hydrogen (secondary N) is 1. The zero-order valence-corrected chi connectivity index (χ0v) is 11.9. The van der Waals surface area contributed by atoms with Crippen LogP contribution < -0.4 is 10.5 Å². The monoisotopic (exact) mass is 328 g/mol. The first-order chi connectivity index (χ1) is 9.81. The Hall–Kier alpha value is -2.39. The summed E-state index contributed by atoms with van der Waals surface area (Å²) in [4.78, 5) is 13.4. The second-order valence-corrected chi connectivity index (χ2v) is 5.98. The normalized spacial score (nSPS) is 11.1. The lowest BCUT2D eigenvalue weighted by Gasteiger charge is -2.10. The van der Waals surface area contributed by atoms with Crippen LogP contribution in [0.2, 0.25) is 5.02 Å². The van der Waals surface area contributed by atoms with Crippen LogP contribution in [0.15, 0.2) is 41.4 Å². The van der Waals surface area contributed by atoms with Gasteiger partial charge in [-0.05, 0) is 18.2 Å². The van der Waals surface area contributed by atoms with Gasteiger partial charge in [0.2, 0.25) is 0 Å². The van der Waals surface area contributed by atoms with E-state index in [1.807, 2.05) is 0 Å². The Balaban J connectivity index is 2.47. The number of nitro groups is 1. The van der Waals surface area contributed by atoms with Crippen LogP contribution in [0, 0.1) is 10.1 Å². The highest BCUT2D eigenvalue weighted by Crippen LogP contribution is 2.27. The lowest BCUT2D eigenvalue weighted by atomic mass is 10.3. The van der Waals surface area contributed by atoms with Crippen LogP contribution in [-0.4, -0.2) is 18.3 Å². The Labute approximate surface area is 124 Å². The molecule has 0 bridgehead atoms. The van der Waals surface area contributed by atoms with Gasteiger partial charge in [-0.1, -0.05) is 11.6 Å². The van der Waals surface area contributed by atoms with Crippen molar-refractivity contribution in [2.75, 3.05) is 10.5 Å². The van der Waals surface area contributed by atoms with E-state index >= 15 is 0 Å². The smallest absolute Gasteiger partial charge is 0.270 e. The van der Waals surface area contributed by atoms with Gasteiger partial charge in [-0.25, -0.2) is 13.4 Å². The molecule has 0 spiro atoms. The predicted octanol–water partition coefficient (Wildman–Crippen LogP) is 2.03. The van der Waals surface area contributed by atoms with E-state index in [0.717, 1.165) is 18.2 Å². The van der Waals surface area contributed by atoms with E-state index in [1.165, 1.54) is 18.3 Å². The summed E-state index contributed by atoms with van der Waals surface area (Å²) in [5, 5.41) is 10.8. The zero-order chi connectivity index (χ0) is 15.6. The molecule has 0 aliphatic rings. The fraction of sp³-hybridized carbons (Fsp3) is 0. The van der Waals surface area contributed by atoms with E-state index in [-0.39, 0.29) is 16.5 Å². The summed E-state index contributed by atoms with van der Waals surface area (Å²) in [6.07, 6.45) is 1.35. The SMILES string of the molecule is Nc1ccc([N+](=O)[O-])cc1S(=O)(=O)Nc1ncccc1Cl. The molecule has 0 amide bonds. The molecule has 0 saturated carbocycles. The molecule has 3 N–H and O–H groups in total. The number of aromatic nitrogens is 1. The van der Waals surface area contributed by atoms with Crippen molar-refractivity contribution >= 4 is 38.8 Å². The third kappa shape index (κ3) is 3.20. The summed E-state index contributed by atoms with van der Waals surface area (Å²) in [6.45, 7) is 0. The highest BCUT2D eigenvalue weighted by molar-refractivity contribution is 7.92. The van der Waals surface area contributed by atoms with Crippen molar-refractivity contribution in [1.29, 1.82) is 0 Å². The Bertz CT molecular complexity index is 810. The average molecular weight is 329 g/mol. The van der Waals surface area contributed by atoms with Crippen molar-refractivity contribution in [2.24, 2.45) is 0 Å². The molecule has 0 unspecified atom stereocenters. The Morgan fingerprint density at radius 3 is 2.67 bits per heavy atom. The van der Waals surface area contributed by atoms with Crippen molar-refractivity contribution in [3.05, 3.63) is 51.7 Å². The van der Waals surface area contributed by atoms with Gasteiger partial charge in [0.15, 0.2) is 5.82 Å². The van der Waals surface area contributed by atoms with Gasteiger partial charge in [-0.2, -0.15) is 0 Å². The molecule has 8 nitrogen and oxygen atoms in total. The minimum absolute atomic E-state index is 0.0880. The lowest BCUT2D eigenvalue weighted by molar-refractivity contribution is -0.385. The van der Waals surface area contributed by atoms with Crippen molar-refractivity contribution in [1.82, 2.24) is 4.98 Å². The number of hydrogen-bond acceptors (Lipinski definition) is 6. The fourth-order valence-corrected chi connectivity index (χ4v) is 2.92. The molecule has 10 heteroatoms. The molecule has 0 radical (unpaired) electrons. The number of anilines is 2. The largest absolute Gasteiger partial charge is 0.398 e. The van der Waals surface area contributed by atoms with Crippen LogP contribution in [0.5, 0.6) is 0 Å². The summed E-state index contributed by atoms with van der Waals surface area (Å²) >= 11 is 5.81. The first kappa shape index (κ1) is 15.0. The summed E-state index contributed by atoms with van der Waals surface area (Å²) in [5.41, 5.74) is 5.06. The lowest BCUT2D eigenvalue weighted by Crippen LogP contribution is -2.16. The van der Waals surface area contributed by atoms with Gasteiger partial charge in [-0.3, -0.25) is 14.8 Å². The zero-order valence-electron chi connectivity index (χ0n) is 10.4. The Kier molecular flexibility index (Phi) is 3.96. The maximum Gasteiger partial charge on any atom is 0.270 e. The summed E-state index contributed by atoms with van der Waals surface area (Å²) in [5.74, 6) is -0.0925. The average Bonchev–Trinajstić information content (AvgIpc) is 2.41. The predicted molar refractivity (Wildman–Crippen MR) is 77.6 cm³/mol.